The lowest BCUT2D eigenvalue weighted by molar-refractivity contribution is -0.142. The van der Waals surface area contributed by atoms with Crippen LogP contribution in [0, 0.1) is 0 Å². The van der Waals surface area contributed by atoms with Crippen LogP contribution < -0.4 is 14.8 Å². The third-order valence-corrected chi connectivity index (χ3v) is 7.63. The van der Waals surface area contributed by atoms with E-state index in [-0.39, 0.29) is 24.5 Å². The van der Waals surface area contributed by atoms with Crippen molar-refractivity contribution in [2.45, 2.75) is 57.7 Å². The van der Waals surface area contributed by atoms with Crippen molar-refractivity contribution < 1.29 is 19.1 Å². The summed E-state index contributed by atoms with van der Waals surface area (Å²) >= 11 is 3.62. The normalized spacial score (nSPS) is 14.8. The Hall–Kier alpha value is -3.06. The van der Waals surface area contributed by atoms with Gasteiger partial charge in [0.2, 0.25) is 5.91 Å². The number of ether oxygens (including phenoxy) is 2. The van der Waals surface area contributed by atoms with Crippen LogP contribution in [0.5, 0.6) is 11.5 Å². The van der Waals surface area contributed by atoms with Gasteiger partial charge in [-0.1, -0.05) is 61.7 Å². The Labute approximate surface area is 221 Å². The van der Waals surface area contributed by atoms with Crippen LogP contribution in [-0.2, 0) is 16.1 Å². The molecule has 1 atom stereocenters. The summed E-state index contributed by atoms with van der Waals surface area (Å²) in [5.41, 5.74) is 0.911. The van der Waals surface area contributed by atoms with Crippen LogP contribution in [0.3, 0.4) is 0 Å². The van der Waals surface area contributed by atoms with E-state index < -0.39 is 6.04 Å². The molecule has 0 aromatic heterocycles. The average Bonchev–Trinajstić information content (AvgIpc) is 2.92. The molecule has 0 heterocycles. The van der Waals surface area contributed by atoms with E-state index in [9.17, 15) is 9.59 Å². The number of carbonyl (C=O) groups excluding carboxylic acids is 2. The second kappa shape index (κ2) is 12.3. The van der Waals surface area contributed by atoms with Crippen molar-refractivity contribution in [3.05, 3.63) is 70.7 Å². The molecule has 1 N–H and O–H groups in total. The van der Waals surface area contributed by atoms with E-state index in [2.05, 4.69) is 21.2 Å². The number of amides is 2. The molecule has 3 aromatic carbocycles. The fraction of sp³-hybridized carbons (Fsp3) is 0.379. The summed E-state index contributed by atoms with van der Waals surface area (Å²) in [5, 5.41) is 5.25. The molecule has 3 aromatic rings. The minimum Gasteiger partial charge on any atom is -0.497 e. The van der Waals surface area contributed by atoms with E-state index in [1.54, 1.807) is 18.9 Å². The molecule has 0 bridgehead atoms. The van der Waals surface area contributed by atoms with E-state index in [1.807, 2.05) is 60.7 Å². The number of rotatable bonds is 9. The Kier molecular flexibility index (Phi) is 8.86. The Morgan fingerprint density at radius 3 is 2.47 bits per heavy atom. The second-order valence-corrected chi connectivity index (χ2v) is 10.1. The Morgan fingerprint density at radius 1 is 1.03 bits per heavy atom. The lowest BCUT2D eigenvalue weighted by Gasteiger charge is -2.31. The first-order chi connectivity index (χ1) is 17.5. The van der Waals surface area contributed by atoms with Crippen molar-refractivity contribution in [1.29, 1.82) is 0 Å². The lowest BCUT2D eigenvalue weighted by atomic mass is 9.95. The average molecular weight is 553 g/mol. The van der Waals surface area contributed by atoms with Crippen LogP contribution in [-0.4, -0.2) is 42.5 Å². The summed E-state index contributed by atoms with van der Waals surface area (Å²) in [6.45, 7) is 1.91. The van der Waals surface area contributed by atoms with Crippen molar-refractivity contribution >= 4 is 38.5 Å². The first kappa shape index (κ1) is 26.0. The number of benzene rings is 3. The number of hydrogen-bond acceptors (Lipinski definition) is 4. The number of fused-ring (bicyclic) bond motifs is 1. The third-order valence-electron chi connectivity index (χ3n) is 6.81. The van der Waals surface area contributed by atoms with Gasteiger partial charge in [-0.25, -0.2) is 0 Å². The maximum absolute atomic E-state index is 13.4. The zero-order valence-corrected chi connectivity index (χ0v) is 22.4. The van der Waals surface area contributed by atoms with Crippen LogP contribution in [0.15, 0.2) is 65.1 Å². The molecule has 0 aliphatic heterocycles. The highest BCUT2D eigenvalue weighted by Gasteiger charge is 2.28. The quantitative estimate of drug-likeness (QED) is 0.361. The molecule has 0 unspecified atom stereocenters. The molecule has 0 radical (unpaired) electrons. The Bertz CT molecular complexity index is 1190. The van der Waals surface area contributed by atoms with Gasteiger partial charge in [-0.15, -0.1) is 0 Å². The van der Waals surface area contributed by atoms with E-state index in [1.165, 1.54) is 6.42 Å². The number of hydrogen-bond donors (Lipinski definition) is 1. The molecule has 1 fully saturated rings. The summed E-state index contributed by atoms with van der Waals surface area (Å²) in [6.07, 6.45) is 5.45. The predicted molar refractivity (Wildman–Crippen MR) is 145 cm³/mol. The maximum atomic E-state index is 13.4. The van der Waals surface area contributed by atoms with Gasteiger partial charge in [0.25, 0.3) is 5.91 Å². The standard InChI is InChI=1S/C29H33BrN2O4/c1-20(29(34)31-23-9-4-3-5-10-23)32(18-21-12-15-24(35-2)16-13-21)27(33)19-36-26-17-14-22-8-6-7-11-25(22)28(26)30/h6-8,11-17,20,23H,3-5,9-10,18-19H2,1-2H3,(H,31,34)/t20-/m0/s1. The summed E-state index contributed by atoms with van der Waals surface area (Å²) in [7, 11) is 1.62. The topological polar surface area (TPSA) is 67.9 Å². The maximum Gasteiger partial charge on any atom is 0.261 e. The van der Waals surface area contributed by atoms with Crippen LogP contribution in [0.25, 0.3) is 10.8 Å². The molecule has 7 heteroatoms. The van der Waals surface area contributed by atoms with Crippen molar-refractivity contribution in [3.8, 4) is 11.5 Å². The molecule has 1 aliphatic rings. The van der Waals surface area contributed by atoms with Gasteiger partial charge in [0.05, 0.1) is 11.6 Å². The number of nitrogens with one attached hydrogen (secondary N) is 1. The molecule has 0 spiro atoms. The first-order valence-electron chi connectivity index (χ1n) is 12.5. The fourth-order valence-corrected chi connectivity index (χ4v) is 5.23. The van der Waals surface area contributed by atoms with Gasteiger partial charge < -0.3 is 19.7 Å². The van der Waals surface area contributed by atoms with Crippen molar-refractivity contribution in [1.82, 2.24) is 10.2 Å². The highest BCUT2D eigenvalue weighted by atomic mass is 79.9. The molecular formula is C29H33BrN2O4. The van der Waals surface area contributed by atoms with E-state index in [0.717, 1.165) is 52.2 Å². The van der Waals surface area contributed by atoms with Gasteiger partial charge in [-0.3, -0.25) is 9.59 Å². The number of methoxy groups -OCH3 is 1. The van der Waals surface area contributed by atoms with E-state index >= 15 is 0 Å². The highest BCUT2D eigenvalue weighted by molar-refractivity contribution is 9.10. The van der Waals surface area contributed by atoms with Crippen molar-refractivity contribution in [2.75, 3.05) is 13.7 Å². The van der Waals surface area contributed by atoms with Crippen LogP contribution in [0.2, 0.25) is 0 Å². The number of halogens is 1. The molecular weight excluding hydrogens is 520 g/mol. The van der Waals surface area contributed by atoms with Crippen LogP contribution >= 0.6 is 15.9 Å². The molecule has 36 heavy (non-hydrogen) atoms. The third kappa shape index (κ3) is 6.38. The molecule has 1 aliphatic carbocycles. The second-order valence-electron chi connectivity index (χ2n) is 9.28. The predicted octanol–water partition coefficient (Wildman–Crippen LogP) is 5.86. The highest BCUT2D eigenvalue weighted by Crippen LogP contribution is 2.33. The lowest BCUT2D eigenvalue weighted by Crippen LogP contribution is -2.51. The Morgan fingerprint density at radius 2 is 1.75 bits per heavy atom. The van der Waals surface area contributed by atoms with Crippen molar-refractivity contribution in [2.24, 2.45) is 0 Å². The van der Waals surface area contributed by atoms with Crippen molar-refractivity contribution in [3.63, 3.8) is 0 Å². The molecule has 6 nitrogen and oxygen atoms in total. The van der Waals surface area contributed by atoms with Gasteiger partial charge in [0, 0.05) is 12.6 Å². The Balaban J connectivity index is 1.49. The molecule has 1 saturated carbocycles. The zero-order valence-electron chi connectivity index (χ0n) is 20.8. The minimum absolute atomic E-state index is 0.129. The summed E-state index contributed by atoms with van der Waals surface area (Å²) < 4.78 is 12.0. The smallest absolute Gasteiger partial charge is 0.261 e. The summed E-state index contributed by atoms with van der Waals surface area (Å²) in [6, 6.07) is 18.9. The van der Waals surface area contributed by atoms with Gasteiger partial charge in [0.1, 0.15) is 17.5 Å². The monoisotopic (exact) mass is 552 g/mol. The van der Waals surface area contributed by atoms with Crippen LogP contribution in [0.1, 0.15) is 44.6 Å². The minimum atomic E-state index is -0.634. The molecule has 2 amide bonds. The molecule has 0 saturated heterocycles. The first-order valence-corrected chi connectivity index (χ1v) is 13.3. The SMILES string of the molecule is COc1ccc(CN(C(=O)COc2ccc3ccccc3c2Br)[C@@H](C)C(=O)NC2CCCCC2)cc1. The van der Waals surface area contributed by atoms with E-state index in [4.69, 9.17) is 9.47 Å². The number of nitrogens with zero attached hydrogens (tertiary/aromatic N) is 1. The number of carbonyl (C=O) groups is 2. The van der Waals surface area contributed by atoms with Gasteiger partial charge in [-0.05, 0) is 70.2 Å². The van der Waals surface area contributed by atoms with Gasteiger partial charge in [0.15, 0.2) is 6.61 Å². The largest absolute Gasteiger partial charge is 0.497 e. The van der Waals surface area contributed by atoms with E-state index in [0.29, 0.717) is 12.3 Å². The van der Waals surface area contributed by atoms with Gasteiger partial charge in [-0.2, -0.15) is 0 Å². The summed E-state index contributed by atoms with van der Waals surface area (Å²) in [5.74, 6) is 0.947. The summed E-state index contributed by atoms with van der Waals surface area (Å²) in [4.78, 5) is 28.2. The molecule has 190 valence electrons. The van der Waals surface area contributed by atoms with Crippen LogP contribution in [0.4, 0.5) is 0 Å². The van der Waals surface area contributed by atoms with Gasteiger partial charge >= 0.3 is 0 Å². The zero-order chi connectivity index (χ0) is 25.5. The fourth-order valence-electron chi connectivity index (χ4n) is 4.63. The molecule has 4 rings (SSSR count).